The van der Waals surface area contributed by atoms with Crippen LogP contribution in [-0.2, 0) is 9.59 Å². The minimum atomic E-state index is -1.09. The second-order valence-corrected chi connectivity index (χ2v) is 4.21. The number of carboxylic acids is 1. The van der Waals surface area contributed by atoms with Gasteiger partial charge in [-0.05, 0) is 18.6 Å². The van der Waals surface area contributed by atoms with Crippen molar-refractivity contribution in [1.29, 1.82) is 0 Å². The molecule has 106 valence electrons. The zero-order valence-corrected chi connectivity index (χ0v) is 11.3. The molecule has 1 amide bonds. The zero-order chi connectivity index (χ0) is 15.0. The maximum atomic E-state index is 11.8. The molecule has 0 fully saturated rings. The van der Waals surface area contributed by atoms with E-state index in [2.05, 4.69) is 5.92 Å². The van der Waals surface area contributed by atoms with Gasteiger partial charge < -0.3 is 14.7 Å². The first kappa shape index (κ1) is 15.6. The zero-order valence-electron chi connectivity index (χ0n) is 11.3. The van der Waals surface area contributed by atoms with Crippen molar-refractivity contribution >= 4 is 11.9 Å². The summed E-state index contributed by atoms with van der Waals surface area (Å²) < 4.78 is 5.49. The number of aryl methyl sites for hydroxylation is 1. The van der Waals surface area contributed by atoms with Crippen LogP contribution in [0.2, 0.25) is 0 Å². The van der Waals surface area contributed by atoms with Gasteiger partial charge in [-0.2, -0.15) is 0 Å². The molecule has 0 radical (unpaired) electrons. The molecule has 0 unspecified atom stereocenters. The smallest absolute Gasteiger partial charge is 0.323 e. The molecule has 0 saturated heterocycles. The largest absolute Gasteiger partial charge is 0.493 e. The number of ether oxygens (including phenoxy) is 1. The van der Waals surface area contributed by atoms with E-state index in [0.717, 1.165) is 10.5 Å². The number of terminal acetylenes is 1. The Morgan fingerprint density at radius 1 is 1.40 bits per heavy atom. The Bertz CT molecular complexity index is 519. The number of aliphatic carboxylic acids is 1. The van der Waals surface area contributed by atoms with Crippen molar-refractivity contribution in [2.45, 2.75) is 13.3 Å². The fourth-order valence-corrected chi connectivity index (χ4v) is 1.63. The number of para-hydroxylation sites is 1. The molecule has 0 atom stereocenters. The van der Waals surface area contributed by atoms with Crippen LogP contribution in [0.3, 0.4) is 0 Å². The van der Waals surface area contributed by atoms with Crippen molar-refractivity contribution < 1.29 is 19.4 Å². The van der Waals surface area contributed by atoms with Gasteiger partial charge in [-0.3, -0.25) is 9.59 Å². The maximum absolute atomic E-state index is 11.8. The van der Waals surface area contributed by atoms with Gasteiger partial charge in [0.15, 0.2) is 0 Å². The van der Waals surface area contributed by atoms with Crippen LogP contribution in [-0.4, -0.2) is 41.6 Å². The quantitative estimate of drug-likeness (QED) is 0.762. The highest BCUT2D eigenvalue weighted by Crippen LogP contribution is 2.16. The van der Waals surface area contributed by atoms with Crippen molar-refractivity contribution in [3.63, 3.8) is 0 Å². The standard InChI is InChI=1S/C15H17NO4/c1-3-9-16(11-15(18)19)14(17)8-10-20-13-7-5-4-6-12(13)2/h1,4-7H,8-11H2,2H3,(H,18,19). The van der Waals surface area contributed by atoms with Gasteiger partial charge in [-0.1, -0.05) is 24.1 Å². The highest BCUT2D eigenvalue weighted by atomic mass is 16.5. The van der Waals surface area contributed by atoms with Crippen molar-refractivity contribution in [3.05, 3.63) is 29.8 Å². The Morgan fingerprint density at radius 2 is 2.10 bits per heavy atom. The van der Waals surface area contributed by atoms with Gasteiger partial charge in [0.1, 0.15) is 12.3 Å². The van der Waals surface area contributed by atoms with E-state index >= 15 is 0 Å². The lowest BCUT2D eigenvalue weighted by atomic mass is 10.2. The summed E-state index contributed by atoms with van der Waals surface area (Å²) in [6.45, 7) is 1.68. The van der Waals surface area contributed by atoms with Gasteiger partial charge in [0.2, 0.25) is 5.91 Å². The molecule has 0 bridgehead atoms. The normalized spacial score (nSPS) is 9.60. The maximum Gasteiger partial charge on any atom is 0.323 e. The number of amides is 1. The molecule has 1 aromatic rings. The van der Waals surface area contributed by atoms with Gasteiger partial charge in [0, 0.05) is 0 Å². The predicted octanol–water partition coefficient (Wildman–Crippen LogP) is 1.31. The fraction of sp³-hybridized carbons (Fsp3) is 0.333. The first-order valence-corrected chi connectivity index (χ1v) is 6.16. The Hall–Kier alpha value is -2.48. The lowest BCUT2D eigenvalue weighted by Crippen LogP contribution is -2.36. The summed E-state index contributed by atoms with van der Waals surface area (Å²) >= 11 is 0. The Labute approximate surface area is 118 Å². The van der Waals surface area contributed by atoms with Gasteiger partial charge in [-0.15, -0.1) is 6.42 Å². The van der Waals surface area contributed by atoms with E-state index in [9.17, 15) is 9.59 Å². The molecule has 0 heterocycles. The number of hydrogen-bond acceptors (Lipinski definition) is 3. The Kier molecular flexibility index (Phi) is 6.11. The Morgan fingerprint density at radius 3 is 2.70 bits per heavy atom. The van der Waals surface area contributed by atoms with E-state index in [1.54, 1.807) is 0 Å². The number of benzene rings is 1. The summed E-state index contributed by atoms with van der Waals surface area (Å²) in [7, 11) is 0. The van der Waals surface area contributed by atoms with Crippen molar-refractivity contribution in [3.8, 4) is 18.1 Å². The molecule has 5 nitrogen and oxygen atoms in total. The number of carbonyl (C=O) groups is 2. The van der Waals surface area contributed by atoms with E-state index in [4.69, 9.17) is 16.3 Å². The van der Waals surface area contributed by atoms with Crippen LogP contribution >= 0.6 is 0 Å². The fourth-order valence-electron chi connectivity index (χ4n) is 1.63. The molecular formula is C15H17NO4. The molecular weight excluding hydrogens is 258 g/mol. The lowest BCUT2D eigenvalue weighted by Gasteiger charge is -2.18. The Balaban J connectivity index is 2.47. The summed E-state index contributed by atoms with van der Waals surface area (Å²) in [6, 6.07) is 7.47. The SMILES string of the molecule is C#CCN(CC(=O)O)C(=O)CCOc1ccccc1C. The molecule has 1 rings (SSSR count). The van der Waals surface area contributed by atoms with Crippen LogP contribution in [0.1, 0.15) is 12.0 Å². The molecule has 0 aliphatic rings. The van der Waals surface area contributed by atoms with Crippen LogP contribution in [0.15, 0.2) is 24.3 Å². The predicted molar refractivity (Wildman–Crippen MR) is 74.3 cm³/mol. The molecule has 20 heavy (non-hydrogen) atoms. The van der Waals surface area contributed by atoms with E-state index in [1.807, 2.05) is 31.2 Å². The van der Waals surface area contributed by atoms with Crippen LogP contribution in [0.5, 0.6) is 5.75 Å². The van der Waals surface area contributed by atoms with E-state index in [1.165, 1.54) is 0 Å². The van der Waals surface area contributed by atoms with Gasteiger partial charge in [-0.25, -0.2) is 0 Å². The minimum absolute atomic E-state index is 0.0184. The second kappa shape index (κ2) is 7.85. The van der Waals surface area contributed by atoms with Crippen LogP contribution in [0.25, 0.3) is 0 Å². The minimum Gasteiger partial charge on any atom is -0.493 e. The van der Waals surface area contributed by atoms with Crippen molar-refractivity contribution in [2.24, 2.45) is 0 Å². The summed E-state index contributed by atoms with van der Waals surface area (Å²) in [5.74, 6) is 1.56. The summed E-state index contributed by atoms with van der Waals surface area (Å²) in [5.41, 5.74) is 0.978. The summed E-state index contributed by atoms with van der Waals surface area (Å²) in [4.78, 5) is 23.6. The van der Waals surface area contributed by atoms with Crippen LogP contribution in [0.4, 0.5) is 0 Å². The third-order valence-corrected chi connectivity index (χ3v) is 2.63. The first-order valence-electron chi connectivity index (χ1n) is 6.16. The molecule has 0 aliphatic carbocycles. The van der Waals surface area contributed by atoms with Gasteiger partial charge >= 0.3 is 5.97 Å². The average molecular weight is 275 g/mol. The van der Waals surface area contributed by atoms with Gasteiger partial charge in [0.05, 0.1) is 19.6 Å². The third kappa shape index (κ3) is 5.02. The molecule has 1 N–H and O–H groups in total. The van der Waals surface area contributed by atoms with Gasteiger partial charge in [0.25, 0.3) is 0 Å². The summed E-state index contributed by atoms with van der Waals surface area (Å²) in [6.07, 6.45) is 5.20. The van der Waals surface area contributed by atoms with Crippen LogP contribution in [0, 0.1) is 19.3 Å². The van der Waals surface area contributed by atoms with E-state index < -0.39 is 12.5 Å². The van der Waals surface area contributed by atoms with Crippen molar-refractivity contribution in [1.82, 2.24) is 4.90 Å². The number of hydrogen-bond donors (Lipinski definition) is 1. The average Bonchev–Trinajstić information content (AvgIpc) is 2.40. The number of carboxylic acid groups (broad SMARTS) is 1. The van der Waals surface area contributed by atoms with E-state index in [0.29, 0.717) is 5.75 Å². The number of carbonyl (C=O) groups excluding carboxylic acids is 1. The third-order valence-electron chi connectivity index (χ3n) is 2.63. The highest BCUT2D eigenvalue weighted by molar-refractivity contribution is 5.81. The molecule has 0 spiro atoms. The number of rotatable bonds is 7. The van der Waals surface area contributed by atoms with E-state index in [-0.39, 0.29) is 25.5 Å². The summed E-state index contributed by atoms with van der Waals surface area (Å²) in [5, 5.41) is 8.71. The molecule has 0 aromatic heterocycles. The molecule has 0 aliphatic heterocycles. The van der Waals surface area contributed by atoms with Crippen LogP contribution < -0.4 is 4.74 Å². The lowest BCUT2D eigenvalue weighted by molar-refractivity contribution is -0.144. The molecule has 0 saturated carbocycles. The highest BCUT2D eigenvalue weighted by Gasteiger charge is 2.15. The number of nitrogens with zero attached hydrogens (tertiary/aromatic N) is 1. The van der Waals surface area contributed by atoms with Crippen molar-refractivity contribution in [2.75, 3.05) is 19.7 Å². The first-order chi connectivity index (χ1) is 9.54. The molecule has 5 heteroatoms. The molecule has 1 aromatic carbocycles. The second-order valence-electron chi connectivity index (χ2n) is 4.21. The topological polar surface area (TPSA) is 66.8 Å². The monoisotopic (exact) mass is 275 g/mol.